The van der Waals surface area contributed by atoms with Crippen LogP contribution in [0.2, 0.25) is 0 Å². The maximum absolute atomic E-state index is 10.4. The zero-order chi connectivity index (χ0) is 6.78. The van der Waals surface area contributed by atoms with Gasteiger partial charge in [-0.2, -0.15) is 0 Å². The van der Waals surface area contributed by atoms with E-state index >= 15 is 0 Å². The van der Waals surface area contributed by atoms with Gasteiger partial charge in [0, 0.05) is 5.41 Å². The van der Waals surface area contributed by atoms with Crippen LogP contribution in [0.4, 0.5) is 0 Å². The summed E-state index contributed by atoms with van der Waals surface area (Å²) in [5.74, 6) is 0. The van der Waals surface area contributed by atoms with Crippen molar-refractivity contribution in [2.24, 2.45) is 0 Å². The first-order valence-electron chi connectivity index (χ1n) is 1.76. The number of rotatable bonds is 2. The molecule has 0 saturated carbocycles. The minimum atomic E-state index is -3.30. The van der Waals surface area contributed by atoms with Gasteiger partial charge in [-0.3, -0.25) is 0 Å². The Morgan fingerprint density at radius 1 is 1.62 bits per heavy atom. The lowest BCUT2D eigenvalue weighted by atomic mass is 11.2. The predicted molar refractivity (Wildman–Crippen MR) is 37.2 cm³/mol. The van der Waals surface area contributed by atoms with E-state index in [0.29, 0.717) is 0 Å². The van der Waals surface area contributed by atoms with Gasteiger partial charge in [0.05, 0.1) is 4.24 Å². The quantitative estimate of drug-likeness (QED) is 0.594. The van der Waals surface area contributed by atoms with Crippen LogP contribution in [0.15, 0.2) is 22.8 Å². The molecule has 0 N–H and O–H groups in total. The van der Waals surface area contributed by atoms with Gasteiger partial charge in [-0.15, -0.1) is 12.6 Å². The summed E-state index contributed by atoms with van der Waals surface area (Å²) in [5.41, 5.74) is 0. The summed E-state index contributed by atoms with van der Waals surface area (Å²) in [6.07, 6.45) is 0. The Kier molecular flexibility index (Phi) is 2.30. The molecule has 0 amide bonds. The van der Waals surface area contributed by atoms with Crippen LogP contribution < -0.4 is 0 Å². The van der Waals surface area contributed by atoms with Crippen LogP contribution in [0, 0.1) is 0 Å². The molecule has 0 bridgehead atoms. The molecular formula is C4H6O2S2. The minimum absolute atomic E-state index is 0.174. The fourth-order valence-electron chi connectivity index (χ4n) is 0.0962. The highest BCUT2D eigenvalue weighted by atomic mass is 32.2. The molecule has 2 nitrogen and oxygen atoms in total. The van der Waals surface area contributed by atoms with Gasteiger partial charge >= 0.3 is 0 Å². The molecule has 0 aromatic rings. The number of hydrogen-bond donors (Lipinski definition) is 1. The lowest BCUT2D eigenvalue weighted by molar-refractivity contribution is 0.612. The largest absolute Gasteiger partial charge is 0.219 e. The van der Waals surface area contributed by atoms with E-state index in [0.717, 1.165) is 5.41 Å². The minimum Gasteiger partial charge on any atom is -0.219 e. The van der Waals surface area contributed by atoms with Crippen LogP contribution >= 0.6 is 12.6 Å². The van der Waals surface area contributed by atoms with Gasteiger partial charge < -0.3 is 0 Å². The Bertz CT molecular complexity index is 200. The second kappa shape index (κ2) is 2.37. The van der Waals surface area contributed by atoms with Gasteiger partial charge in [0.15, 0.2) is 0 Å². The molecule has 0 aliphatic rings. The molecule has 0 rings (SSSR count). The Morgan fingerprint density at radius 2 is 2.00 bits per heavy atom. The summed E-state index contributed by atoms with van der Waals surface area (Å²) in [4.78, 5) is 0. The molecule has 0 saturated heterocycles. The summed E-state index contributed by atoms with van der Waals surface area (Å²) >= 11 is 3.51. The first-order valence-corrected chi connectivity index (χ1v) is 3.75. The smallest absolute Gasteiger partial charge is 0.204 e. The van der Waals surface area contributed by atoms with Crippen molar-refractivity contribution >= 4 is 22.5 Å². The summed E-state index contributed by atoms with van der Waals surface area (Å²) in [7, 11) is -3.30. The molecule has 0 heterocycles. The summed E-state index contributed by atoms with van der Waals surface area (Å²) in [6.45, 7) is 6.16. The standard InChI is InChI=1S/C4H6O2S2/c1-3-8(5,6)4(2)7/h3,7H,1-2H2. The van der Waals surface area contributed by atoms with E-state index in [1.807, 2.05) is 0 Å². The van der Waals surface area contributed by atoms with E-state index in [4.69, 9.17) is 0 Å². The maximum atomic E-state index is 10.4. The highest BCUT2D eigenvalue weighted by Gasteiger charge is 2.03. The van der Waals surface area contributed by atoms with E-state index < -0.39 is 9.84 Å². The van der Waals surface area contributed by atoms with Crippen LogP contribution in [0.5, 0.6) is 0 Å². The Balaban J connectivity index is 4.68. The van der Waals surface area contributed by atoms with Crippen LogP contribution in [0.25, 0.3) is 0 Å². The molecule has 0 spiro atoms. The first kappa shape index (κ1) is 7.78. The topological polar surface area (TPSA) is 34.1 Å². The summed E-state index contributed by atoms with van der Waals surface area (Å²) in [5, 5.41) is 0.808. The van der Waals surface area contributed by atoms with Crippen molar-refractivity contribution in [1.82, 2.24) is 0 Å². The van der Waals surface area contributed by atoms with Gasteiger partial charge in [0.25, 0.3) is 0 Å². The maximum Gasteiger partial charge on any atom is 0.204 e. The van der Waals surface area contributed by atoms with Crippen molar-refractivity contribution in [2.45, 2.75) is 0 Å². The molecule has 0 radical (unpaired) electrons. The van der Waals surface area contributed by atoms with E-state index in [2.05, 4.69) is 25.8 Å². The van der Waals surface area contributed by atoms with Crippen LogP contribution in [-0.2, 0) is 9.84 Å². The third-order valence-electron chi connectivity index (χ3n) is 0.548. The normalized spacial score (nSPS) is 10.6. The van der Waals surface area contributed by atoms with Crippen molar-refractivity contribution in [3.8, 4) is 0 Å². The Labute approximate surface area is 54.2 Å². The second-order valence-corrected chi connectivity index (χ2v) is 3.86. The molecular weight excluding hydrogens is 144 g/mol. The third-order valence-corrected chi connectivity index (χ3v) is 2.41. The summed E-state index contributed by atoms with van der Waals surface area (Å²) in [6, 6.07) is 0. The van der Waals surface area contributed by atoms with Crippen LogP contribution in [0.3, 0.4) is 0 Å². The van der Waals surface area contributed by atoms with Crippen molar-refractivity contribution in [3.63, 3.8) is 0 Å². The second-order valence-electron chi connectivity index (χ2n) is 1.11. The van der Waals surface area contributed by atoms with E-state index in [1.54, 1.807) is 0 Å². The highest BCUT2D eigenvalue weighted by molar-refractivity contribution is 8.11. The van der Waals surface area contributed by atoms with Gasteiger partial charge in [0.1, 0.15) is 0 Å². The fraction of sp³-hybridized carbons (Fsp3) is 0. The Morgan fingerprint density at radius 3 is 2.00 bits per heavy atom. The zero-order valence-corrected chi connectivity index (χ0v) is 5.87. The molecule has 8 heavy (non-hydrogen) atoms. The van der Waals surface area contributed by atoms with Gasteiger partial charge in [-0.25, -0.2) is 8.42 Å². The lowest BCUT2D eigenvalue weighted by Gasteiger charge is -1.89. The highest BCUT2D eigenvalue weighted by Crippen LogP contribution is 2.07. The average Bonchev–Trinajstić information content (AvgIpc) is 1.67. The zero-order valence-electron chi connectivity index (χ0n) is 4.16. The predicted octanol–water partition coefficient (Wildman–Crippen LogP) is 0.946. The van der Waals surface area contributed by atoms with Gasteiger partial charge in [0.2, 0.25) is 9.84 Å². The molecule has 0 aliphatic heterocycles. The molecule has 0 fully saturated rings. The number of sulfone groups is 1. The lowest BCUT2D eigenvalue weighted by Crippen LogP contribution is -1.90. The molecule has 0 unspecified atom stereocenters. The molecule has 0 aromatic carbocycles. The molecule has 0 aromatic heterocycles. The van der Waals surface area contributed by atoms with Crippen molar-refractivity contribution in [1.29, 1.82) is 0 Å². The van der Waals surface area contributed by atoms with Crippen molar-refractivity contribution in [3.05, 3.63) is 22.8 Å². The average molecular weight is 150 g/mol. The summed E-state index contributed by atoms with van der Waals surface area (Å²) < 4.78 is 20.6. The molecule has 0 atom stereocenters. The third kappa shape index (κ3) is 1.71. The fourth-order valence-corrected chi connectivity index (χ4v) is 0.512. The van der Waals surface area contributed by atoms with E-state index in [9.17, 15) is 8.42 Å². The van der Waals surface area contributed by atoms with Gasteiger partial charge in [-0.05, 0) is 0 Å². The number of thiol groups is 1. The molecule has 46 valence electrons. The molecule has 4 heteroatoms. The SMILES string of the molecule is C=CS(=O)(=O)C(=C)S. The van der Waals surface area contributed by atoms with Gasteiger partial charge in [-0.1, -0.05) is 13.2 Å². The van der Waals surface area contributed by atoms with Crippen LogP contribution in [-0.4, -0.2) is 8.42 Å². The molecule has 0 aliphatic carbocycles. The first-order chi connectivity index (χ1) is 3.50. The van der Waals surface area contributed by atoms with E-state index in [1.165, 1.54) is 0 Å². The van der Waals surface area contributed by atoms with Crippen LogP contribution in [0.1, 0.15) is 0 Å². The van der Waals surface area contributed by atoms with E-state index in [-0.39, 0.29) is 4.24 Å². The van der Waals surface area contributed by atoms with Crippen molar-refractivity contribution in [2.75, 3.05) is 0 Å². The monoisotopic (exact) mass is 150 g/mol. The Hall–Kier alpha value is -0.220. The van der Waals surface area contributed by atoms with Crippen molar-refractivity contribution < 1.29 is 8.42 Å². The number of hydrogen-bond acceptors (Lipinski definition) is 3.